The molecule has 4 aliphatic rings. The van der Waals surface area contributed by atoms with Crippen LogP contribution in [0.15, 0.2) is 170 Å². The van der Waals surface area contributed by atoms with Crippen molar-refractivity contribution in [3.05, 3.63) is 214 Å². The highest BCUT2D eigenvalue weighted by molar-refractivity contribution is 7.26. The van der Waals surface area contributed by atoms with E-state index in [0.29, 0.717) is 0 Å². The fourth-order valence-corrected chi connectivity index (χ4v) is 17.2. The normalized spacial score (nSPS) is 17.1. The van der Waals surface area contributed by atoms with Gasteiger partial charge < -0.3 is 14.7 Å². The number of nitrogens with zero attached hydrogens (tertiary/aromatic N) is 3. The zero-order chi connectivity index (χ0) is 64.7. The molecule has 0 fully saturated rings. The van der Waals surface area contributed by atoms with Gasteiger partial charge in [-0.1, -0.05) is 236 Å². The lowest BCUT2D eigenvalue weighted by molar-refractivity contribution is 0.332. The van der Waals surface area contributed by atoms with E-state index in [9.17, 15) is 0 Å². The number of benzene rings is 9. The van der Waals surface area contributed by atoms with Crippen LogP contribution in [0.4, 0.5) is 51.2 Å². The average Bonchev–Trinajstić information content (AvgIpc) is 1.45. The zero-order valence-corrected chi connectivity index (χ0v) is 59.1. The molecule has 0 radical (unpaired) electrons. The SMILES string of the molecule is CC(C)(C)c1ccc(N(c2ccc(C(C)(C)C)cc2)c2cc3c4c(c2)N(c2ccc(C(C)(C)C)cc2-c2ccccc2)c2c(ccc5c2sc2cc(C(C)(C)C)ccc25)B4c2cc4c(cc2N3c2ccc3c(c2)C(C)(C)CCC3(C)C)C(C)(C)CCC4(C)C)cc1. The summed E-state index contributed by atoms with van der Waals surface area (Å²) in [6, 6.07) is 68.3. The van der Waals surface area contributed by atoms with Crippen molar-refractivity contribution in [2.75, 3.05) is 14.7 Å². The first-order chi connectivity index (χ1) is 42.6. The minimum atomic E-state index is -0.102. The number of fused-ring (bicyclic) bond motifs is 10. The number of anilines is 9. The summed E-state index contributed by atoms with van der Waals surface area (Å²) in [4.78, 5) is 8.09. The van der Waals surface area contributed by atoms with Gasteiger partial charge >= 0.3 is 0 Å². The Labute approximate surface area is 550 Å². The fraction of sp³-hybridized carbons (Fsp3) is 0.372. The molecule has 10 aromatic rings. The molecule has 91 heavy (non-hydrogen) atoms. The molecule has 0 N–H and O–H groups in total. The van der Waals surface area contributed by atoms with Crippen molar-refractivity contribution in [3.8, 4) is 11.1 Å². The lowest BCUT2D eigenvalue weighted by atomic mass is 9.33. The van der Waals surface area contributed by atoms with E-state index in [1.54, 1.807) is 0 Å². The summed E-state index contributed by atoms with van der Waals surface area (Å²) in [6.45, 7) is 47.9. The average molecular weight is 1210 g/mol. The first-order valence-electron chi connectivity index (χ1n) is 33.9. The van der Waals surface area contributed by atoms with E-state index in [4.69, 9.17) is 0 Å². The smallest absolute Gasteiger partial charge is 0.252 e. The van der Waals surface area contributed by atoms with Crippen molar-refractivity contribution in [2.24, 2.45) is 0 Å². The maximum atomic E-state index is 2.77. The Bertz CT molecular complexity index is 4500. The van der Waals surface area contributed by atoms with Crippen molar-refractivity contribution < 1.29 is 0 Å². The van der Waals surface area contributed by atoms with E-state index in [-0.39, 0.29) is 50.0 Å². The van der Waals surface area contributed by atoms with Gasteiger partial charge in [0.1, 0.15) is 0 Å². The quantitative estimate of drug-likeness (QED) is 0.154. The van der Waals surface area contributed by atoms with Gasteiger partial charge in [0.05, 0.1) is 21.8 Å². The van der Waals surface area contributed by atoms with Gasteiger partial charge in [0.25, 0.3) is 6.71 Å². The molecule has 0 bridgehead atoms. The molecule has 0 amide bonds. The first-order valence-corrected chi connectivity index (χ1v) is 34.8. The maximum Gasteiger partial charge on any atom is 0.252 e. The van der Waals surface area contributed by atoms with Gasteiger partial charge in [0.2, 0.25) is 0 Å². The highest BCUT2D eigenvalue weighted by Gasteiger charge is 2.49. The molecule has 0 saturated carbocycles. The number of rotatable bonds is 6. The summed E-state index contributed by atoms with van der Waals surface area (Å²) in [6.07, 6.45) is 4.58. The third-order valence-electron chi connectivity index (χ3n) is 22.0. The van der Waals surface area contributed by atoms with Crippen LogP contribution in [-0.4, -0.2) is 6.71 Å². The third-order valence-corrected chi connectivity index (χ3v) is 23.2. The molecule has 0 unspecified atom stereocenters. The Morgan fingerprint density at radius 1 is 0.385 bits per heavy atom. The Hall–Kier alpha value is -7.34. The molecule has 14 rings (SSSR count). The summed E-state index contributed by atoms with van der Waals surface area (Å²) >= 11 is 1.99. The van der Waals surface area contributed by atoms with Crippen molar-refractivity contribution in [1.82, 2.24) is 0 Å². The third kappa shape index (κ3) is 10.1. The Morgan fingerprint density at radius 3 is 1.43 bits per heavy atom. The summed E-state index contributed by atoms with van der Waals surface area (Å²) in [5.41, 5.74) is 28.4. The maximum absolute atomic E-state index is 2.77. The lowest BCUT2D eigenvalue weighted by Crippen LogP contribution is -2.62. The molecular formula is C86H96BN3S. The van der Waals surface area contributed by atoms with E-state index >= 15 is 0 Å². The largest absolute Gasteiger partial charge is 0.311 e. The van der Waals surface area contributed by atoms with Crippen LogP contribution >= 0.6 is 11.3 Å². The Balaban J connectivity index is 1.18. The molecule has 0 saturated heterocycles. The van der Waals surface area contributed by atoms with E-state index in [1.165, 1.54) is 126 Å². The van der Waals surface area contributed by atoms with E-state index in [0.717, 1.165) is 42.7 Å². The molecule has 2 aliphatic carbocycles. The molecule has 9 aromatic carbocycles. The molecule has 3 heterocycles. The van der Waals surface area contributed by atoms with E-state index < -0.39 is 0 Å². The topological polar surface area (TPSA) is 9.72 Å². The van der Waals surface area contributed by atoms with Crippen molar-refractivity contribution in [3.63, 3.8) is 0 Å². The number of hydrogen-bond donors (Lipinski definition) is 0. The van der Waals surface area contributed by atoms with Crippen molar-refractivity contribution in [1.29, 1.82) is 0 Å². The summed E-state index contributed by atoms with van der Waals surface area (Å²) in [5.74, 6) is 0. The molecule has 5 heteroatoms. The van der Waals surface area contributed by atoms with Gasteiger partial charge in [-0.2, -0.15) is 0 Å². The van der Waals surface area contributed by atoms with Gasteiger partial charge in [0, 0.05) is 55.2 Å². The van der Waals surface area contributed by atoms with Crippen LogP contribution in [0.3, 0.4) is 0 Å². The molecule has 1 aromatic heterocycles. The van der Waals surface area contributed by atoms with Crippen molar-refractivity contribution in [2.45, 2.75) is 207 Å². The second kappa shape index (κ2) is 20.6. The second-order valence-electron chi connectivity index (χ2n) is 34.4. The predicted octanol–water partition coefficient (Wildman–Crippen LogP) is 23.2. The summed E-state index contributed by atoms with van der Waals surface area (Å²) in [5, 5.41) is 2.62. The molecule has 3 nitrogen and oxygen atoms in total. The van der Waals surface area contributed by atoms with Gasteiger partial charge in [0.15, 0.2) is 0 Å². The minimum absolute atomic E-state index is 0.00383. The van der Waals surface area contributed by atoms with E-state index in [1.807, 2.05) is 11.3 Å². The van der Waals surface area contributed by atoms with Crippen LogP contribution < -0.4 is 31.1 Å². The predicted molar refractivity (Wildman–Crippen MR) is 399 cm³/mol. The monoisotopic (exact) mass is 1210 g/mol. The molecule has 0 spiro atoms. The highest BCUT2D eigenvalue weighted by Crippen LogP contribution is 2.57. The Morgan fingerprint density at radius 2 is 0.868 bits per heavy atom. The molecular weight excluding hydrogens is 1120 g/mol. The van der Waals surface area contributed by atoms with Crippen LogP contribution in [0.25, 0.3) is 31.3 Å². The van der Waals surface area contributed by atoms with Gasteiger partial charge in [-0.3, -0.25) is 0 Å². The van der Waals surface area contributed by atoms with Gasteiger partial charge in [-0.25, -0.2) is 0 Å². The number of hydrogen-bond acceptors (Lipinski definition) is 4. The van der Waals surface area contributed by atoms with Crippen LogP contribution in [0.1, 0.15) is 209 Å². The molecule has 2 aliphatic heterocycles. The molecule has 0 atom stereocenters. The highest BCUT2D eigenvalue weighted by atomic mass is 32.1. The minimum Gasteiger partial charge on any atom is -0.311 e. The first kappa shape index (κ1) is 61.2. The van der Waals surface area contributed by atoms with Crippen LogP contribution in [0, 0.1) is 0 Å². The van der Waals surface area contributed by atoms with Crippen LogP contribution in [-0.2, 0) is 43.3 Å². The fourth-order valence-electron chi connectivity index (χ4n) is 15.9. The summed E-state index contributed by atoms with van der Waals surface area (Å²) < 4.78 is 2.66. The lowest BCUT2D eigenvalue weighted by Gasteiger charge is -2.48. The van der Waals surface area contributed by atoms with Crippen LogP contribution in [0.2, 0.25) is 0 Å². The zero-order valence-electron chi connectivity index (χ0n) is 58.3. The standard InChI is InChI=1S/C86H96BN3S/c1-79(2,3)54-26-32-58(33-27-54)88(59-34-28-55(29-35-59)80(4,5)6)61-49-73-76-74(50-61)90(71-41-31-56(81(7,8)9)46-64(71)53-24-22-21-23-25-53)77-69(40-38-63-62-37-30-57(82(10,11)12)47-75(62)91-78(63)77)87(76)70-51-67-68(86(19,20)45-44-85(67,17)18)52-72(70)89(73)60-36-39-65-66(48-60)84(15,16)43-42-83(65,13)14/h21-41,46-52H,42-45H2,1-20H3. The summed E-state index contributed by atoms with van der Waals surface area (Å²) in [7, 11) is 0. The van der Waals surface area contributed by atoms with Gasteiger partial charge in [-0.15, -0.1) is 11.3 Å². The van der Waals surface area contributed by atoms with Crippen LogP contribution in [0.5, 0.6) is 0 Å². The molecule has 464 valence electrons. The van der Waals surface area contributed by atoms with Gasteiger partial charge in [-0.05, 0) is 208 Å². The van der Waals surface area contributed by atoms with Crippen molar-refractivity contribution >= 4 is 106 Å². The Kier molecular flexibility index (Phi) is 13.8. The van der Waals surface area contributed by atoms with E-state index in [2.05, 4.69) is 323 Å². The second-order valence-corrected chi connectivity index (χ2v) is 35.5. The number of thiophene rings is 1.